The molecule has 0 aliphatic carbocycles. The SMILES string of the molecule is C[C@H]1CN(Cc2cn(C(C)(C)C)nn2)CCN1c1nc2ccccc2o1. The Balaban J connectivity index is 1.42. The summed E-state index contributed by atoms with van der Waals surface area (Å²) >= 11 is 0. The van der Waals surface area contributed by atoms with Crippen LogP contribution in [0.15, 0.2) is 34.9 Å². The van der Waals surface area contributed by atoms with E-state index in [9.17, 15) is 0 Å². The van der Waals surface area contributed by atoms with Gasteiger partial charge in [0.2, 0.25) is 0 Å². The molecule has 1 fully saturated rings. The molecule has 0 bridgehead atoms. The summed E-state index contributed by atoms with van der Waals surface area (Å²) in [5, 5.41) is 8.60. The van der Waals surface area contributed by atoms with Crippen LogP contribution in [-0.4, -0.2) is 50.6 Å². The second kappa shape index (κ2) is 6.39. The van der Waals surface area contributed by atoms with Crippen molar-refractivity contribution in [3.8, 4) is 0 Å². The largest absolute Gasteiger partial charge is 0.423 e. The van der Waals surface area contributed by atoms with Gasteiger partial charge in [-0.3, -0.25) is 4.90 Å². The monoisotopic (exact) mass is 354 g/mol. The third-order valence-corrected chi connectivity index (χ3v) is 4.85. The maximum atomic E-state index is 5.94. The molecule has 3 heterocycles. The van der Waals surface area contributed by atoms with E-state index >= 15 is 0 Å². The van der Waals surface area contributed by atoms with Gasteiger partial charge >= 0.3 is 0 Å². The number of benzene rings is 1. The van der Waals surface area contributed by atoms with Crippen LogP contribution in [0.4, 0.5) is 6.01 Å². The lowest BCUT2D eigenvalue weighted by atomic mass is 10.1. The van der Waals surface area contributed by atoms with Crippen LogP contribution in [0.2, 0.25) is 0 Å². The summed E-state index contributed by atoms with van der Waals surface area (Å²) < 4.78 is 7.87. The van der Waals surface area contributed by atoms with E-state index in [1.807, 2.05) is 28.9 Å². The van der Waals surface area contributed by atoms with Gasteiger partial charge in [0.1, 0.15) is 5.52 Å². The van der Waals surface area contributed by atoms with Gasteiger partial charge in [-0.25, -0.2) is 4.68 Å². The zero-order valence-electron chi connectivity index (χ0n) is 15.9. The summed E-state index contributed by atoms with van der Waals surface area (Å²) in [5.41, 5.74) is 2.73. The molecule has 1 saturated heterocycles. The number of rotatable bonds is 3. The Bertz CT molecular complexity index is 860. The van der Waals surface area contributed by atoms with Crippen LogP contribution < -0.4 is 4.90 Å². The molecule has 1 aliphatic heterocycles. The van der Waals surface area contributed by atoms with Crippen LogP contribution >= 0.6 is 0 Å². The van der Waals surface area contributed by atoms with Crippen molar-refractivity contribution in [1.29, 1.82) is 0 Å². The molecule has 138 valence electrons. The lowest BCUT2D eigenvalue weighted by Gasteiger charge is -2.38. The van der Waals surface area contributed by atoms with E-state index in [4.69, 9.17) is 4.42 Å². The molecule has 26 heavy (non-hydrogen) atoms. The smallest absolute Gasteiger partial charge is 0.298 e. The second-order valence-electron chi connectivity index (χ2n) is 8.07. The van der Waals surface area contributed by atoms with Crippen molar-refractivity contribution in [2.45, 2.75) is 45.8 Å². The predicted molar refractivity (Wildman–Crippen MR) is 101 cm³/mol. The van der Waals surface area contributed by atoms with Crippen molar-refractivity contribution >= 4 is 17.1 Å². The standard InChI is InChI=1S/C19H26N6O/c1-14-11-23(12-15-13-25(22-21-15)19(2,3)4)9-10-24(14)18-20-16-7-5-6-8-17(16)26-18/h5-8,13-14H,9-12H2,1-4H3/t14-/m0/s1. The fourth-order valence-corrected chi connectivity index (χ4v) is 3.37. The number of nitrogens with zero attached hydrogens (tertiary/aromatic N) is 6. The van der Waals surface area contributed by atoms with E-state index in [0.29, 0.717) is 6.04 Å². The van der Waals surface area contributed by atoms with Crippen molar-refractivity contribution in [1.82, 2.24) is 24.9 Å². The zero-order valence-corrected chi connectivity index (χ0v) is 15.9. The van der Waals surface area contributed by atoms with Gasteiger partial charge in [-0.1, -0.05) is 17.3 Å². The fourth-order valence-electron chi connectivity index (χ4n) is 3.37. The minimum absolute atomic E-state index is 0.0375. The second-order valence-corrected chi connectivity index (χ2v) is 8.07. The van der Waals surface area contributed by atoms with E-state index < -0.39 is 0 Å². The van der Waals surface area contributed by atoms with Gasteiger partial charge in [0.15, 0.2) is 5.58 Å². The van der Waals surface area contributed by atoms with Crippen LogP contribution in [0.3, 0.4) is 0 Å². The molecule has 0 radical (unpaired) electrons. The lowest BCUT2D eigenvalue weighted by Crippen LogP contribution is -2.51. The van der Waals surface area contributed by atoms with Crippen LogP contribution in [0.5, 0.6) is 0 Å². The molecule has 0 saturated carbocycles. The quantitative estimate of drug-likeness (QED) is 0.721. The third kappa shape index (κ3) is 3.31. The number of fused-ring (bicyclic) bond motifs is 1. The van der Waals surface area contributed by atoms with Gasteiger partial charge in [-0.15, -0.1) is 5.10 Å². The van der Waals surface area contributed by atoms with Gasteiger partial charge in [0, 0.05) is 32.2 Å². The number of para-hydroxylation sites is 2. The van der Waals surface area contributed by atoms with Crippen molar-refractivity contribution in [2.75, 3.05) is 24.5 Å². The Morgan fingerprint density at radius 1 is 1.19 bits per heavy atom. The number of aromatic nitrogens is 4. The molecular weight excluding hydrogens is 328 g/mol. The summed E-state index contributed by atoms with van der Waals surface area (Å²) in [6, 6.07) is 8.96. The maximum Gasteiger partial charge on any atom is 0.298 e. The normalized spacial score (nSPS) is 19.4. The molecule has 7 heteroatoms. The predicted octanol–water partition coefficient (Wildman–Crippen LogP) is 2.89. The van der Waals surface area contributed by atoms with E-state index in [1.165, 1.54) is 0 Å². The highest BCUT2D eigenvalue weighted by Gasteiger charge is 2.28. The molecule has 0 N–H and O–H groups in total. The fraction of sp³-hybridized carbons (Fsp3) is 0.526. The summed E-state index contributed by atoms with van der Waals surface area (Å²) in [6.45, 7) is 12.2. The van der Waals surface area contributed by atoms with Crippen LogP contribution in [0.25, 0.3) is 11.1 Å². The zero-order chi connectivity index (χ0) is 18.3. The molecule has 0 unspecified atom stereocenters. The van der Waals surface area contributed by atoms with E-state index in [2.05, 4.69) is 59.0 Å². The Morgan fingerprint density at radius 2 is 2.00 bits per heavy atom. The van der Waals surface area contributed by atoms with Gasteiger partial charge in [-0.05, 0) is 39.8 Å². The molecule has 7 nitrogen and oxygen atoms in total. The van der Waals surface area contributed by atoms with Gasteiger partial charge in [0.05, 0.1) is 17.4 Å². The Morgan fingerprint density at radius 3 is 2.69 bits per heavy atom. The molecule has 2 aromatic heterocycles. The Kier molecular flexibility index (Phi) is 4.19. The van der Waals surface area contributed by atoms with Gasteiger partial charge < -0.3 is 9.32 Å². The minimum Gasteiger partial charge on any atom is -0.423 e. The van der Waals surface area contributed by atoms with E-state index in [-0.39, 0.29) is 5.54 Å². The number of anilines is 1. The summed E-state index contributed by atoms with van der Waals surface area (Å²) in [4.78, 5) is 9.31. The molecule has 3 aromatic rings. The number of piperazine rings is 1. The lowest BCUT2D eigenvalue weighted by molar-refractivity contribution is 0.214. The minimum atomic E-state index is -0.0375. The first kappa shape index (κ1) is 17.0. The molecular formula is C19H26N6O. The Hall–Kier alpha value is -2.41. The number of hydrogen-bond donors (Lipinski definition) is 0. The molecule has 0 spiro atoms. The number of hydrogen-bond acceptors (Lipinski definition) is 6. The highest BCUT2D eigenvalue weighted by molar-refractivity contribution is 5.74. The summed E-state index contributed by atoms with van der Waals surface area (Å²) in [5.74, 6) is 0. The Labute approximate surface area is 153 Å². The number of oxazole rings is 1. The van der Waals surface area contributed by atoms with Crippen molar-refractivity contribution in [3.05, 3.63) is 36.2 Å². The average Bonchev–Trinajstić information content (AvgIpc) is 3.21. The molecule has 4 rings (SSSR count). The molecule has 0 amide bonds. The van der Waals surface area contributed by atoms with Crippen LogP contribution in [0.1, 0.15) is 33.4 Å². The highest BCUT2D eigenvalue weighted by atomic mass is 16.4. The summed E-state index contributed by atoms with van der Waals surface area (Å²) in [7, 11) is 0. The van der Waals surface area contributed by atoms with Gasteiger partial charge in [-0.2, -0.15) is 4.98 Å². The topological polar surface area (TPSA) is 63.2 Å². The molecule has 1 atom stereocenters. The molecule has 1 aromatic carbocycles. The van der Waals surface area contributed by atoms with E-state index in [1.54, 1.807) is 0 Å². The van der Waals surface area contributed by atoms with Crippen molar-refractivity contribution in [2.24, 2.45) is 0 Å². The van der Waals surface area contributed by atoms with Crippen molar-refractivity contribution < 1.29 is 4.42 Å². The first-order valence-corrected chi connectivity index (χ1v) is 9.16. The van der Waals surface area contributed by atoms with E-state index in [0.717, 1.165) is 49.0 Å². The first-order chi connectivity index (χ1) is 12.4. The first-order valence-electron chi connectivity index (χ1n) is 9.16. The van der Waals surface area contributed by atoms with Crippen molar-refractivity contribution in [3.63, 3.8) is 0 Å². The summed E-state index contributed by atoms with van der Waals surface area (Å²) in [6.07, 6.45) is 2.05. The molecule has 1 aliphatic rings. The third-order valence-electron chi connectivity index (χ3n) is 4.85. The van der Waals surface area contributed by atoms with Gasteiger partial charge in [0.25, 0.3) is 6.01 Å². The average molecular weight is 354 g/mol. The maximum absolute atomic E-state index is 5.94. The highest BCUT2D eigenvalue weighted by Crippen LogP contribution is 2.25. The van der Waals surface area contributed by atoms with Crippen LogP contribution in [-0.2, 0) is 12.1 Å². The van der Waals surface area contributed by atoms with Crippen LogP contribution in [0, 0.1) is 0 Å².